The van der Waals surface area contributed by atoms with Crippen LogP contribution in [0.2, 0.25) is 0 Å². The van der Waals surface area contributed by atoms with Crippen molar-refractivity contribution in [1.29, 1.82) is 0 Å². The van der Waals surface area contributed by atoms with Crippen molar-refractivity contribution in [2.24, 2.45) is 5.41 Å². The molecule has 6 atom stereocenters. The lowest BCUT2D eigenvalue weighted by atomic mass is 9.86. The van der Waals surface area contributed by atoms with Gasteiger partial charge in [-0.1, -0.05) is 6.07 Å². The Kier molecular flexibility index (Phi) is 6.45. The minimum atomic E-state index is -1.48. The Balaban J connectivity index is 1.72. The molecule has 0 unspecified atom stereocenters. The number of aliphatic hydroxyl groups excluding tert-OH is 5. The standard InChI is InChI=1S/C21H30O8/c1-10-6-12-7-21(3,9-23)19(27)15(12)11(2)13(10)4-5-28-20-18(26)17(25)16(24)14(8-22)29-20/h6,14,16-18,20,22-26H,4-5,7-9H2,1-3H3/t14-,16-,17+,18-,20-,21-/m1/s1. The van der Waals surface area contributed by atoms with Gasteiger partial charge in [-0.2, -0.15) is 0 Å². The molecule has 8 nitrogen and oxygen atoms in total. The Bertz CT molecular complexity index is 776. The number of hydrogen-bond acceptors (Lipinski definition) is 8. The van der Waals surface area contributed by atoms with E-state index in [-0.39, 0.29) is 19.0 Å². The van der Waals surface area contributed by atoms with Crippen LogP contribution in [0.5, 0.6) is 0 Å². The van der Waals surface area contributed by atoms with E-state index >= 15 is 0 Å². The highest BCUT2D eigenvalue weighted by Gasteiger charge is 2.44. The van der Waals surface area contributed by atoms with Gasteiger partial charge in [0, 0.05) is 5.56 Å². The van der Waals surface area contributed by atoms with E-state index in [0.717, 1.165) is 22.3 Å². The molecular formula is C21H30O8. The summed E-state index contributed by atoms with van der Waals surface area (Å²) in [6.45, 7) is 5.04. The molecule has 1 fully saturated rings. The second-order valence-electron chi connectivity index (χ2n) is 8.37. The average molecular weight is 410 g/mol. The molecule has 1 saturated heterocycles. The Morgan fingerprint density at radius 2 is 1.86 bits per heavy atom. The summed E-state index contributed by atoms with van der Waals surface area (Å²) in [7, 11) is 0. The van der Waals surface area contributed by atoms with Crippen molar-refractivity contribution in [3.63, 3.8) is 0 Å². The zero-order valence-corrected chi connectivity index (χ0v) is 17.0. The highest BCUT2D eigenvalue weighted by molar-refractivity contribution is 6.06. The molecule has 0 amide bonds. The zero-order valence-electron chi connectivity index (χ0n) is 17.0. The fourth-order valence-electron chi connectivity index (χ4n) is 4.36. The Morgan fingerprint density at radius 1 is 1.17 bits per heavy atom. The molecule has 8 heteroatoms. The number of rotatable bonds is 6. The van der Waals surface area contributed by atoms with Crippen molar-refractivity contribution >= 4 is 5.78 Å². The topological polar surface area (TPSA) is 137 Å². The summed E-state index contributed by atoms with van der Waals surface area (Å²) in [5.41, 5.74) is 3.64. The zero-order chi connectivity index (χ0) is 21.5. The molecule has 1 aromatic carbocycles. The van der Waals surface area contributed by atoms with Crippen LogP contribution in [-0.2, 0) is 22.3 Å². The summed E-state index contributed by atoms with van der Waals surface area (Å²) in [5.74, 6) is -0.0522. The van der Waals surface area contributed by atoms with Gasteiger partial charge >= 0.3 is 0 Å². The van der Waals surface area contributed by atoms with Crippen LogP contribution >= 0.6 is 0 Å². The van der Waals surface area contributed by atoms with Crippen LogP contribution in [-0.4, -0.2) is 81.8 Å². The lowest BCUT2D eigenvalue weighted by Crippen LogP contribution is -2.59. The van der Waals surface area contributed by atoms with Gasteiger partial charge in [0.25, 0.3) is 0 Å². The minimum Gasteiger partial charge on any atom is -0.395 e. The predicted molar refractivity (Wildman–Crippen MR) is 103 cm³/mol. The van der Waals surface area contributed by atoms with Crippen molar-refractivity contribution in [3.8, 4) is 0 Å². The molecular weight excluding hydrogens is 380 g/mol. The van der Waals surface area contributed by atoms with Crippen LogP contribution in [0.4, 0.5) is 0 Å². The van der Waals surface area contributed by atoms with Crippen LogP contribution in [0.25, 0.3) is 0 Å². The highest BCUT2D eigenvalue weighted by Crippen LogP contribution is 2.40. The first kappa shape index (κ1) is 22.3. The number of carbonyl (C=O) groups is 1. The number of hydrogen-bond donors (Lipinski definition) is 5. The number of aliphatic hydroxyl groups is 5. The molecule has 162 valence electrons. The molecule has 1 heterocycles. The number of carbonyl (C=O) groups excluding carboxylic acids is 1. The van der Waals surface area contributed by atoms with E-state index in [0.29, 0.717) is 18.4 Å². The molecule has 0 bridgehead atoms. The summed E-state index contributed by atoms with van der Waals surface area (Å²) in [4.78, 5) is 12.8. The summed E-state index contributed by atoms with van der Waals surface area (Å²) < 4.78 is 10.9. The molecule has 0 saturated carbocycles. The maximum absolute atomic E-state index is 12.8. The Hall–Kier alpha value is -1.39. The maximum Gasteiger partial charge on any atom is 0.186 e. The molecule has 29 heavy (non-hydrogen) atoms. The molecule has 3 rings (SSSR count). The van der Waals surface area contributed by atoms with Crippen molar-refractivity contribution in [3.05, 3.63) is 33.9 Å². The van der Waals surface area contributed by atoms with Crippen molar-refractivity contribution in [2.75, 3.05) is 19.8 Å². The van der Waals surface area contributed by atoms with E-state index in [1.54, 1.807) is 6.92 Å². The smallest absolute Gasteiger partial charge is 0.186 e. The Labute approximate surface area is 169 Å². The van der Waals surface area contributed by atoms with E-state index in [2.05, 4.69) is 0 Å². The average Bonchev–Trinajstić information content (AvgIpc) is 2.94. The van der Waals surface area contributed by atoms with E-state index in [4.69, 9.17) is 9.47 Å². The number of fused-ring (bicyclic) bond motifs is 1. The maximum atomic E-state index is 12.8. The van der Waals surface area contributed by atoms with Crippen LogP contribution in [0.15, 0.2) is 6.07 Å². The van der Waals surface area contributed by atoms with E-state index in [1.807, 2.05) is 19.9 Å². The molecule has 1 aliphatic carbocycles. The second kappa shape index (κ2) is 8.39. The van der Waals surface area contributed by atoms with Crippen LogP contribution < -0.4 is 0 Å². The summed E-state index contributed by atoms with van der Waals surface area (Å²) in [6.07, 6.45) is -5.59. The van der Waals surface area contributed by atoms with Gasteiger partial charge in [-0.05, 0) is 55.9 Å². The van der Waals surface area contributed by atoms with Crippen LogP contribution in [0.1, 0.15) is 39.5 Å². The SMILES string of the molecule is Cc1cc2c(c(C)c1CCO[C@@H]1O[C@H](CO)[C@@H](O)[C@H](O)[C@H]1O)C(=O)[C@@](C)(CO)C2. The highest BCUT2D eigenvalue weighted by atomic mass is 16.7. The van der Waals surface area contributed by atoms with Gasteiger partial charge in [0.1, 0.15) is 24.4 Å². The number of aryl methyl sites for hydroxylation is 1. The number of ether oxygens (including phenoxy) is 2. The second-order valence-corrected chi connectivity index (χ2v) is 8.37. The monoisotopic (exact) mass is 410 g/mol. The van der Waals surface area contributed by atoms with Gasteiger partial charge in [0.05, 0.1) is 25.2 Å². The van der Waals surface area contributed by atoms with Gasteiger partial charge in [-0.3, -0.25) is 4.79 Å². The molecule has 1 aromatic rings. The van der Waals surface area contributed by atoms with Gasteiger partial charge in [-0.15, -0.1) is 0 Å². The third kappa shape index (κ3) is 3.86. The molecule has 0 aromatic heterocycles. The summed E-state index contributed by atoms with van der Waals surface area (Å²) in [5, 5.41) is 48.7. The van der Waals surface area contributed by atoms with Crippen molar-refractivity contribution in [1.82, 2.24) is 0 Å². The first-order valence-electron chi connectivity index (χ1n) is 9.84. The van der Waals surface area contributed by atoms with Gasteiger partial charge in [0.2, 0.25) is 0 Å². The van der Waals surface area contributed by atoms with Gasteiger partial charge in [-0.25, -0.2) is 0 Å². The molecule has 5 N–H and O–H groups in total. The number of Topliss-reactive ketones (excluding diaryl/α,β-unsaturated/α-hetero) is 1. The van der Waals surface area contributed by atoms with E-state index in [1.165, 1.54) is 0 Å². The van der Waals surface area contributed by atoms with Crippen molar-refractivity contribution < 1.29 is 39.8 Å². The fourth-order valence-corrected chi connectivity index (χ4v) is 4.36. The number of ketones is 1. The predicted octanol–water partition coefficient (Wildman–Crippen LogP) is -0.600. The summed E-state index contributed by atoms with van der Waals surface area (Å²) >= 11 is 0. The lowest BCUT2D eigenvalue weighted by Gasteiger charge is -2.39. The minimum absolute atomic E-state index is 0.0522. The number of benzene rings is 1. The van der Waals surface area contributed by atoms with Gasteiger partial charge in [0.15, 0.2) is 12.1 Å². The van der Waals surface area contributed by atoms with E-state index < -0.39 is 42.7 Å². The van der Waals surface area contributed by atoms with Gasteiger partial charge < -0.3 is 35.0 Å². The fraction of sp³-hybridized carbons (Fsp3) is 0.667. The molecule has 0 spiro atoms. The Morgan fingerprint density at radius 3 is 2.48 bits per heavy atom. The third-order valence-corrected chi connectivity index (χ3v) is 6.20. The largest absolute Gasteiger partial charge is 0.395 e. The van der Waals surface area contributed by atoms with E-state index in [9.17, 15) is 30.3 Å². The quantitative estimate of drug-likeness (QED) is 0.419. The summed E-state index contributed by atoms with van der Waals surface area (Å²) in [6, 6.07) is 1.98. The van der Waals surface area contributed by atoms with Crippen molar-refractivity contribution in [2.45, 2.75) is 64.3 Å². The first-order valence-corrected chi connectivity index (χ1v) is 9.84. The first-order chi connectivity index (χ1) is 13.6. The van der Waals surface area contributed by atoms with Crippen LogP contribution in [0.3, 0.4) is 0 Å². The normalized spacial score (nSPS) is 34.5. The van der Waals surface area contributed by atoms with Crippen LogP contribution in [0, 0.1) is 19.3 Å². The third-order valence-electron chi connectivity index (χ3n) is 6.20. The molecule has 2 aliphatic rings. The molecule has 1 aliphatic heterocycles. The molecule has 0 radical (unpaired) electrons. The lowest BCUT2D eigenvalue weighted by molar-refractivity contribution is -0.300.